The van der Waals surface area contributed by atoms with Gasteiger partial charge in [-0.1, -0.05) is 41.4 Å². The van der Waals surface area contributed by atoms with Gasteiger partial charge >= 0.3 is 0 Å². The summed E-state index contributed by atoms with van der Waals surface area (Å²) in [5, 5.41) is 12.2. The van der Waals surface area contributed by atoms with Crippen molar-refractivity contribution in [3.8, 4) is 0 Å². The summed E-state index contributed by atoms with van der Waals surface area (Å²) in [7, 11) is 0. The molecule has 1 N–H and O–H groups in total. The van der Waals surface area contributed by atoms with Crippen molar-refractivity contribution in [2.75, 3.05) is 4.90 Å². The second-order valence-electron chi connectivity index (χ2n) is 6.84. The number of benzene rings is 2. The third-order valence-electron chi connectivity index (χ3n) is 5.00. The van der Waals surface area contributed by atoms with E-state index in [9.17, 15) is 14.7 Å². The van der Waals surface area contributed by atoms with E-state index in [-0.39, 0.29) is 12.3 Å². The zero-order chi connectivity index (χ0) is 20.6. The van der Waals surface area contributed by atoms with Crippen LogP contribution in [0, 0.1) is 0 Å². The lowest BCUT2D eigenvalue weighted by Crippen LogP contribution is -2.41. The van der Waals surface area contributed by atoms with E-state index in [4.69, 9.17) is 23.2 Å². The van der Waals surface area contributed by atoms with E-state index >= 15 is 0 Å². The Hall–Kier alpha value is -2.73. The van der Waals surface area contributed by atoms with Crippen molar-refractivity contribution in [2.24, 2.45) is 0 Å². The number of ketones is 1. The maximum Gasteiger partial charge on any atom is 0.264 e. The summed E-state index contributed by atoms with van der Waals surface area (Å²) in [4.78, 5) is 31.4. The van der Waals surface area contributed by atoms with Crippen LogP contribution >= 0.6 is 23.2 Å². The van der Waals surface area contributed by atoms with Gasteiger partial charge < -0.3 is 10.0 Å². The van der Waals surface area contributed by atoms with Crippen molar-refractivity contribution in [3.05, 3.63) is 93.7 Å². The molecule has 0 bridgehead atoms. The van der Waals surface area contributed by atoms with Gasteiger partial charge in [-0.05, 0) is 42.0 Å². The molecule has 0 fully saturated rings. The Morgan fingerprint density at radius 1 is 1.07 bits per heavy atom. The summed E-state index contributed by atoms with van der Waals surface area (Å²) in [6, 6.07) is 15.1. The van der Waals surface area contributed by atoms with E-state index in [1.54, 1.807) is 36.4 Å². The number of pyridine rings is 1. The Kier molecular flexibility index (Phi) is 5.13. The lowest BCUT2D eigenvalue weighted by atomic mass is 9.88. The third kappa shape index (κ3) is 3.53. The number of aliphatic hydroxyl groups is 1. The first kappa shape index (κ1) is 19.6. The van der Waals surface area contributed by atoms with Gasteiger partial charge in [0.2, 0.25) is 0 Å². The van der Waals surface area contributed by atoms with E-state index in [0.717, 1.165) is 5.56 Å². The predicted octanol–water partition coefficient (Wildman–Crippen LogP) is 4.40. The smallest absolute Gasteiger partial charge is 0.264 e. The van der Waals surface area contributed by atoms with Gasteiger partial charge in [-0.25, -0.2) is 0 Å². The van der Waals surface area contributed by atoms with Crippen LogP contribution in [0.4, 0.5) is 5.69 Å². The number of halogens is 2. The first-order valence-corrected chi connectivity index (χ1v) is 9.67. The van der Waals surface area contributed by atoms with Gasteiger partial charge in [-0.15, -0.1) is 0 Å². The van der Waals surface area contributed by atoms with Crippen molar-refractivity contribution in [1.82, 2.24) is 4.98 Å². The van der Waals surface area contributed by atoms with Gasteiger partial charge in [0.25, 0.3) is 5.91 Å². The highest BCUT2D eigenvalue weighted by atomic mass is 35.5. The van der Waals surface area contributed by atoms with Crippen molar-refractivity contribution >= 4 is 40.6 Å². The van der Waals surface area contributed by atoms with Crippen LogP contribution in [0.1, 0.15) is 27.9 Å². The van der Waals surface area contributed by atoms with Crippen molar-refractivity contribution in [2.45, 2.75) is 18.6 Å². The highest BCUT2D eigenvalue weighted by Gasteiger charge is 2.51. The van der Waals surface area contributed by atoms with Gasteiger partial charge in [0.1, 0.15) is 0 Å². The third-order valence-corrected chi connectivity index (χ3v) is 5.60. The number of aromatic nitrogens is 1. The van der Waals surface area contributed by atoms with Gasteiger partial charge in [0, 0.05) is 33.6 Å². The van der Waals surface area contributed by atoms with Crippen LogP contribution < -0.4 is 4.90 Å². The largest absolute Gasteiger partial charge is 0.375 e. The van der Waals surface area contributed by atoms with Crippen LogP contribution in [-0.2, 0) is 16.9 Å². The van der Waals surface area contributed by atoms with Crippen LogP contribution in [0.5, 0.6) is 0 Å². The number of carbonyl (C=O) groups is 2. The summed E-state index contributed by atoms with van der Waals surface area (Å²) < 4.78 is 0. The molecule has 146 valence electrons. The molecule has 1 aliphatic rings. The average Bonchev–Trinajstić information content (AvgIpc) is 2.92. The van der Waals surface area contributed by atoms with Gasteiger partial charge in [-0.3, -0.25) is 14.6 Å². The number of Topliss-reactive ketones (excluding diaryl/α,β-unsaturated/α-hetero) is 1. The Labute approximate surface area is 177 Å². The molecule has 1 amide bonds. The molecule has 7 heteroatoms. The maximum absolute atomic E-state index is 13.3. The molecule has 0 saturated heterocycles. The SMILES string of the molecule is O=C(C[C@@]1(O)C(=O)N(Cc2ccccc2Cl)c2ccc(Cl)cc21)c1ccncc1. The summed E-state index contributed by atoms with van der Waals surface area (Å²) in [5.41, 5.74) is -0.0988. The lowest BCUT2D eigenvalue weighted by Gasteiger charge is -2.23. The molecule has 1 aliphatic heterocycles. The molecule has 0 radical (unpaired) electrons. The van der Waals surface area contributed by atoms with Gasteiger partial charge in [-0.2, -0.15) is 0 Å². The minimum absolute atomic E-state index is 0.166. The monoisotopic (exact) mass is 426 g/mol. The molecule has 0 saturated carbocycles. The molecule has 5 nitrogen and oxygen atoms in total. The van der Waals surface area contributed by atoms with Crippen LogP contribution in [-0.4, -0.2) is 21.8 Å². The van der Waals surface area contributed by atoms with E-state index in [1.807, 2.05) is 12.1 Å². The minimum Gasteiger partial charge on any atom is -0.375 e. The molecule has 2 aromatic carbocycles. The summed E-state index contributed by atoms with van der Waals surface area (Å²) in [6.45, 7) is 0.166. The van der Waals surface area contributed by atoms with E-state index in [2.05, 4.69) is 4.98 Å². The maximum atomic E-state index is 13.3. The van der Waals surface area contributed by atoms with Crippen molar-refractivity contribution in [3.63, 3.8) is 0 Å². The number of fused-ring (bicyclic) bond motifs is 1. The predicted molar refractivity (Wildman–Crippen MR) is 111 cm³/mol. The standard InChI is InChI=1S/C22H16Cl2N2O3/c23-16-5-6-19-17(11-16)22(29,12-20(27)14-7-9-25-10-8-14)21(28)26(19)13-15-3-1-2-4-18(15)24/h1-11,29H,12-13H2/t22-/m0/s1. The van der Waals surface area contributed by atoms with Crippen LogP contribution in [0.25, 0.3) is 0 Å². The number of nitrogens with zero attached hydrogens (tertiary/aromatic N) is 2. The molecule has 1 atom stereocenters. The number of rotatable bonds is 5. The van der Waals surface area contributed by atoms with E-state index in [1.165, 1.54) is 23.4 Å². The Balaban J connectivity index is 1.73. The van der Waals surface area contributed by atoms with Crippen LogP contribution in [0.3, 0.4) is 0 Å². The Morgan fingerprint density at radius 2 is 1.79 bits per heavy atom. The molecular formula is C22H16Cl2N2O3. The zero-order valence-corrected chi connectivity index (χ0v) is 16.7. The molecule has 4 rings (SSSR count). The van der Waals surface area contributed by atoms with Crippen molar-refractivity contribution in [1.29, 1.82) is 0 Å². The molecule has 0 unspecified atom stereocenters. The first-order valence-electron chi connectivity index (χ1n) is 8.91. The molecule has 29 heavy (non-hydrogen) atoms. The summed E-state index contributed by atoms with van der Waals surface area (Å²) >= 11 is 12.4. The summed E-state index contributed by atoms with van der Waals surface area (Å²) in [5.74, 6) is -0.953. The fraction of sp³-hybridized carbons (Fsp3) is 0.136. The summed E-state index contributed by atoms with van der Waals surface area (Å²) in [6.07, 6.45) is 2.58. The fourth-order valence-corrected chi connectivity index (χ4v) is 3.89. The first-order chi connectivity index (χ1) is 13.9. The van der Waals surface area contributed by atoms with E-state index in [0.29, 0.717) is 26.9 Å². The normalized spacial score (nSPS) is 18.0. The zero-order valence-electron chi connectivity index (χ0n) is 15.2. The quantitative estimate of drug-likeness (QED) is 0.613. The van der Waals surface area contributed by atoms with Crippen LogP contribution in [0.2, 0.25) is 10.0 Å². The number of hydrogen-bond donors (Lipinski definition) is 1. The number of carbonyl (C=O) groups excluding carboxylic acids is 2. The average molecular weight is 427 g/mol. The second kappa shape index (κ2) is 7.59. The van der Waals surface area contributed by atoms with E-state index < -0.39 is 17.9 Å². The molecular weight excluding hydrogens is 411 g/mol. The molecule has 0 aliphatic carbocycles. The lowest BCUT2D eigenvalue weighted by molar-refractivity contribution is -0.136. The number of anilines is 1. The van der Waals surface area contributed by atoms with Gasteiger partial charge in [0.05, 0.1) is 18.7 Å². The number of hydrogen-bond acceptors (Lipinski definition) is 4. The topological polar surface area (TPSA) is 70.5 Å². The fourth-order valence-electron chi connectivity index (χ4n) is 3.52. The van der Waals surface area contributed by atoms with Gasteiger partial charge in [0.15, 0.2) is 11.4 Å². The minimum atomic E-state index is -2.01. The Bertz CT molecular complexity index is 1100. The number of amides is 1. The second-order valence-corrected chi connectivity index (χ2v) is 7.68. The molecule has 2 heterocycles. The van der Waals surface area contributed by atoms with Crippen molar-refractivity contribution < 1.29 is 14.7 Å². The highest BCUT2D eigenvalue weighted by molar-refractivity contribution is 6.31. The van der Waals surface area contributed by atoms with Crippen LogP contribution in [0.15, 0.2) is 67.0 Å². The molecule has 0 spiro atoms. The highest BCUT2D eigenvalue weighted by Crippen LogP contribution is 2.45. The molecule has 3 aromatic rings. The molecule has 1 aromatic heterocycles. The Morgan fingerprint density at radius 3 is 2.52 bits per heavy atom.